The van der Waals surface area contributed by atoms with Gasteiger partial charge in [-0.25, -0.2) is 4.68 Å². The molecular formula is C10H12N2O2. The van der Waals surface area contributed by atoms with Crippen LogP contribution in [0.15, 0.2) is 6.20 Å². The zero-order chi connectivity index (χ0) is 9.60. The summed E-state index contributed by atoms with van der Waals surface area (Å²) in [6.45, 7) is 1.66. The Bertz CT molecular complexity index is 379. The van der Waals surface area contributed by atoms with Crippen LogP contribution in [0.1, 0.15) is 29.6 Å². The minimum absolute atomic E-state index is 0.319. The Balaban J connectivity index is 1.95. The van der Waals surface area contributed by atoms with Gasteiger partial charge in [0, 0.05) is 5.41 Å². The molecule has 0 amide bonds. The number of nitrogens with zero attached hydrogens (tertiary/aromatic N) is 2. The topological polar surface area (TPSA) is 44.1 Å². The van der Waals surface area contributed by atoms with Crippen molar-refractivity contribution in [2.75, 3.05) is 6.61 Å². The highest BCUT2D eigenvalue weighted by Gasteiger charge is 2.42. The number of aldehydes is 1. The van der Waals surface area contributed by atoms with Crippen molar-refractivity contribution in [1.82, 2.24) is 9.78 Å². The Morgan fingerprint density at radius 2 is 2.43 bits per heavy atom. The molecule has 0 unspecified atom stereocenters. The summed E-state index contributed by atoms with van der Waals surface area (Å²) in [6, 6.07) is 0. The number of aromatic nitrogens is 2. The molecule has 1 saturated carbocycles. The summed E-state index contributed by atoms with van der Waals surface area (Å²) in [4.78, 5) is 10.7. The average molecular weight is 192 g/mol. The monoisotopic (exact) mass is 192 g/mol. The molecule has 4 nitrogen and oxygen atoms in total. The van der Waals surface area contributed by atoms with E-state index < -0.39 is 0 Å². The Hall–Kier alpha value is -1.32. The quantitative estimate of drug-likeness (QED) is 0.629. The molecule has 4 heteroatoms. The van der Waals surface area contributed by atoms with Crippen LogP contribution in [0.25, 0.3) is 0 Å². The first kappa shape index (κ1) is 8.03. The van der Waals surface area contributed by atoms with Crippen molar-refractivity contribution < 1.29 is 9.53 Å². The van der Waals surface area contributed by atoms with Gasteiger partial charge in [0.1, 0.15) is 0 Å². The van der Waals surface area contributed by atoms with Gasteiger partial charge in [-0.1, -0.05) is 6.42 Å². The summed E-state index contributed by atoms with van der Waals surface area (Å²) in [5, 5.41) is 4.17. The van der Waals surface area contributed by atoms with Gasteiger partial charge in [-0.3, -0.25) is 4.79 Å². The van der Waals surface area contributed by atoms with Gasteiger partial charge >= 0.3 is 0 Å². The fourth-order valence-corrected chi connectivity index (χ4v) is 2.30. The molecule has 3 rings (SSSR count). The normalized spacial score (nSPS) is 22.3. The Morgan fingerprint density at radius 3 is 3.07 bits per heavy atom. The number of hydrogen-bond acceptors (Lipinski definition) is 3. The lowest BCUT2D eigenvalue weighted by atomic mass is 9.69. The third-order valence-electron chi connectivity index (χ3n) is 3.36. The highest BCUT2D eigenvalue weighted by Crippen LogP contribution is 2.45. The van der Waals surface area contributed by atoms with E-state index >= 15 is 0 Å². The van der Waals surface area contributed by atoms with E-state index in [1.54, 1.807) is 6.20 Å². The summed E-state index contributed by atoms with van der Waals surface area (Å²) in [6.07, 6.45) is 6.13. The molecule has 1 aliphatic heterocycles. The van der Waals surface area contributed by atoms with Crippen LogP contribution in [-0.4, -0.2) is 22.7 Å². The van der Waals surface area contributed by atoms with E-state index in [1.165, 1.54) is 19.3 Å². The van der Waals surface area contributed by atoms with Gasteiger partial charge in [0.05, 0.1) is 24.9 Å². The molecule has 0 aromatic carbocycles. The lowest BCUT2D eigenvalue weighted by Gasteiger charge is -2.44. The van der Waals surface area contributed by atoms with E-state index in [1.807, 2.05) is 4.68 Å². The van der Waals surface area contributed by atoms with Crippen LogP contribution >= 0.6 is 0 Å². The second kappa shape index (κ2) is 2.59. The average Bonchev–Trinajstić information content (AvgIpc) is 2.56. The van der Waals surface area contributed by atoms with Crippen molar-refractivity contribution in [2.45, 2.75) is 25.8 Å². The summed E-state index contributed by atoms with van der Waals surface area (Å²) in [5.74, 6) is 0.650. The van der Waals surface area contributed by atoms with Crippen molar-refractivity contribution in [1.29, 1.82) is 0 Å². The van der Waals surface area contributed by atoms with Crippen LogP contribution in [0, 0.1) is 5.41 Å². The van der Waals surface area contributed by atoms with Gasteiger partial charge in [0.2, 0.25) is 5.88 Å². The van der Waals surface area contributed by atoms with Gasteiger partial charge in [0.25, 0.3) is 0 Å². The lowest BCUT2D eigenvalue weighted by Crippen LogP contribution is -2.43. The van der Waals surface area contributed by atoms with Gasteiger partial charge < -0.3 is 4.74 Å². The van der Waals surface area contributed by atoms with Gasteiger partial charge in [-0.2, -0.15) is 5.10 Å². The molecule has 2 heterocycles. The van der Waals surface area contributed by atoms with Crippen molar-refractivity contribution in [3.8, 4) is 5.88 Å². The van der Waals surface area contributed by atoms with E-state index in [0.717, 1.165) is 19.4 Å². The predicted molar refractivity (Wildman–Crippen MR) is 49.4 cm³/mol. The van der Waals surface area contributed by atoms with Crippen LogP contribution < -0.4 is 4.74 Å². The third-order valence-corrected chi connectivity index (χ3v) is 3.36. The number of hydrogen-bond donors (Lipinski definition) is 0. The van der Waals surface area contributed by atoms with E-state index in [2.05, 4.69) is 5.10 Å². The highest BCUT2D eigenvalue weighted by atomic mass is 16.5. The summed E-state index contributed by atoms with van der Waals surface area (Å²) in [5.41, 5.74) is 0.887. The molecule has 74 valence electrons. The Kier molecular flexibility index (Phi) is 1.48. The van der Waals surface area contributed by atoms with E-state index in [4.69, 9.17) is 4.74 Å². The van der Waals surface area contributed by atoms with Crippen molar-refractivity contribution >= 4 is 6.29 Å². The van der Waals surface area contributed by atoms with Gasteiger partial charge in [-0.15, -0.1) is 0 Å². The van der Waals surface area contributed by atoms with Gasteiger partial charge in [-0.05, 0) is 12.8 Å². The van der Waals surface area contributed by atoms with Crippen LogP contribution in [0.2, 0.25) is 0 Å². The van der Waals surface area contributed by atoms with E-state index in [9.17, 15) is 4.79 Å². The molecule has 1 spiro atoms. The zero-order valence-electron chi connectivity index (χ0n) is 7.90. The molecule has 1 aromatic rings. The Morgan fingerprint density at radius 1 is 1.57 bits per heavy atom. The molecule has 0 radical (unpaired) electrons. The molecule has 1 fully saturated rings. The number of rotatable bonds is 1. The highest BCUT2D eigenvalue weighted by molar-refractivity contribution is 5.77. The summed E-state index contributed by atoms with van der Waals surface area (Å²) in [7, 11) is 0. The Labute approximate surface area is 81.9 Å². The largest absolute Gasteiger partial charge is 0.477 e. The predicted octanol–water partition coefficient (Wildman–Crippen LogP) is 1.26. The zero-order valence-corrected chi connectivity index (χ0v) is 7.90. The summed E-state index contributed by atoms with van der Waals surface area (Å²) < 4.78 is 7.44. The second-order valence-electron chi connectivity index (χ2n) is 4.32. The SMILES string of the molecule is O=Cc1cnn2c1OCC1(CCC1)C2. The van der Waals surface area contributed by atoms with Crippen LogP contribution in [0.5, 0.6) is 5.88 Å². The van der Waals surface area contributed by atoms with E-state index in [0.29, 0.717) is 16.9 Å². The smallest absolute Gasteiger partial charge is 0.222 e. The number of fused-ring (bicyclic) bond motifs is 1. The lowest BCUT2D eigenvalue weighted by molar-refractivity contribution is 0.00156. The maximum atomic E-state index is 10.7. The van der Waals surface area contributed by atoms with E-state index in [-0.39, 0.29) is 0 Å². The van der Waals surface area contributed by atoms with Crippen LogP contribution in [0.3, 0.4) is 0 Å². The van der Waals surface area contributed by atoms with Crippen molar-refractivity contribution in [3.63, 3.8) is 0 Å². The summed E-state index contributed by atoms with van der Waals surface area (Å²) >= 11 is 0. The fraction of sp³-hybridized carbons (Fsp3) is 0.600. The van der Waals surface area contributed by atoms with Crippen molar-refractivity contribution in [3.05, 3.63) is 11.8 Å². The van der Waals surface area contributed by atoms with Crippen molar-refractivity contribution in [2.24, 2.45) is 5.41 Å². The maximum absolute atomic E-state index is 10.7. The van der Waals surface area contributed by atoms with Crippen LogP contribution in [0.4, 0.5) is 0 Å². The first-order chi connectivity index (χ1) is 6.83. The molecule has 0 bridgehead atoms. The molecule has 1 aromatic heterocycles. The standard InChI is InChI=1S/C10H12N2O2/c13-5-8-4-11-12-6-10(2-1-3-10)7-14-9(8)12/h4-5H,1-3,6-7H2. The number of carbonyl (C=O) groups excluding carboxylic acids is 1. The molecule has 0 saturated heterocycles. The van der Waals surface area contributed by atoms with Gasteiger partial charge in [0.15, 0.2) is 6.29 Å². The first-order valence-electron chi connectivity index (χ1n) is 4.97. The molecular weight excluding hydrogens is 180 g/mol. The van der Waals surface area contributed by atoms with Crippen LogP contribution in [-0.2, 0) is 6.54 Å². The first-order valence-corrected chi connectivity index (χ1v) is 4.97. The maximum Gasteiger partial charge on any atom is 0.222 e. The molecule has 0 N–H and O–H groups in total. The molecule has 0 atom stereocenters. The third kappa shape index (κ3) is 0.937. The second-order valence-corrected chi connectivity index (χ2v) is 4.32. The minimum Gasteiger partial charge on any atom is -0.477 e. The minimum atomic E-state index is 0.319. The molecule has 2 aliphatic rings. The fourth-order valence-electron chi connectivity index (χ4n) is 2.30. The number of ether oxygens (including phenoxy) is 1. The number of carbonyl (C=O) groups is 1. The molecule has 14 heavy (non-hydrogen) atoms. The molecule has 1 aliphatic carbocycles.